The maximum Gasteiger partial charge on any atom is 0.414 e. The number of rotatable bonds is 26. The fourth-order valence-electron chi connectivity index (χ4n) is 9.47. The Morgan fingerprint density at radius 1 is 0.543 bits per heavy atom. The second-order valence-electron chi connectivity index (χ2n) is 18.5. The number of ether oxygens (including phenoxy) is 7. The second kappa shape index (κ2) is 27.3. The van der Waals surface area contributed by atoms with Gasteiger partial charge in [0.25, 0.3) is 0 Å². The van der Waals surface area contributed by atoms with Gasteiger partial charge in [-0.25, -0.2) is 9.59 Å². The summed E-state index contributed by atoms with van der Waals surface area (Å²) in [4.78, 5) is 42.3. The largest absolute Gasteiger partial charge is 0.454 e. The molecule has 2 heterocycles. The van der Waals surface area contributed by atoms with Crippen LogP contribution in [-0.4, -0.2) is 112 Å². The Labute approximate surface area is 420 Å². The van der Waals surface area contributed by atoms with Crippen molar-refractivity contribution in [3.05, 3.63) is 102 Å². The van der Waals surface area contributed by atoms with Gasteiger partial charge in [0.2, 0.25) is 0 Å². The summed E-state index contributed by atoms with van der Waals surface area (Å²) in [6.07, 6.45) is -8.06. The minimum Gasteiger partial charge on any atom is -0.454 e. The molecule has 0 spiro atoms. The highest BCUT2D eigenvalue weighted by atomic mass is 28.4. The van der Waals surface area contributed by atoms with Crippen LogP contribution in [0, 0.1) is 0 Å². The van der Waals surface area contributed by atoms with Crippen LogP contribution in [0.2, 0.25) is 54.4 Å². The summed E-state index contributed by atoms with van der Waals surface area (Å²) in [6.45, 7) is 21.3. The highest BCUT2D eigenvalue weighted by Crippen LogP contribution is 2.38. The third-order valence-electron chi connectivity index (χ3n) is 14.8. The predicted molar refractivity (Wildman–Crippen MR) is 278 cm³/mol. The molecule has 70 heavy (non-hydrogen) atoms. The van der Waals surface area contributed by atoms with Crippen LogP contribution < -0.4 is 4.90 Å². The average Bonchev–Trinajstić information content (AvgIpc) is 3.40. The quantitative estimate of drug-likeness (QED) is 0.0427. The van der Waals surface area contributed by atoms with Crippen molar-refractivity contribution in [3.63, 3.8) is 0 Å². The van der Waals surface area contributed by atoms with Crippen LogP contribution in [0.1, 0.15) is 90.7 Å². The van der Waals surface area contributed by atoms with E-state index >= 15 is 0 Å². The number of esters is 2. The molecule has 17 heteroatoms. The fraction of sp³-hybridized carbons (Fsp3) is 0.604. The van der Waals surface area contributed by atoms with Crippen LogP contribution in [-0.2, 0) is 64.4 Å². The molecule has 0 unspecified atom stereocenters. The maximum atomic E-state index is 14.7. The van der Waals surface area contributed by atoms with E-state index in [9.17, 15) is 14.4 Å². The molecule has 0 N–H and O–H groups in total. The number of amides is 1. The standard InChI is InChI=1S/C53H81NO13Si3/c1-12-68(13-2,14-3)65-44-37-59-51(58-35-40-27-23-21-24-28-40)48(62-39(10)55)46(44)64-52-49(47(67-70(18-7,19-8)20-9)45(38-60-52)66-69(15-4,16-5)17-6)63-50(56)42-31-33-43(34-32-42)54(11)53(57)61-36-41-29-25-22-26-30-41/h21-34,44-49,51-52H,12-20,35-38H2,1-11H3/t44-,45+,46-,47-,48+,49+,51-,52-/m0/s1. The fourth-order valence-corrected chi connectivity index (χ4v) is 18.0. The smallest absolute Gasteiger partial charge is 0.414 e. The topological polar surface area (TPSA) is 147 Å². The van der Waals surface area contributed by atoms with Gasteiger partial charge in [-0.1, -0.05) is 123 Å². The number of nitrogens with zero attached hydrogens (tertiary/aromatic N) is 1. The van der Waals surface area contributed by atoms with Gasteiger partial charge in [0, 0.05) is 19.7 Å². The Morgan fingerprint density at radius 2 is 0.986 bits per heavy atom. The maximum absolute atomic E-state index is 14.7. The first-order valence-electron chi connectivity index (χ1n) is 25.7. The molecule has 5 rings (SSSR count). The number of benzene rings is 3. The van der Waals surface area contributed by atoms with Gasteiger partial charge in [0.05, 0.1) is 37.6 Å². The lowest BCUT2D eigenvalue weighted by Crippen LogP contribution is -2.65. The molecule has 8 atom stereocenters. The average molecular weight is 1020 g/mol. The molecular formula is C53H81NO13Si3. The molecule has 3 aromatic carbocycles. The summed E-state index contributed by atoms with van der Waals surface area (Å²) < 4.78 is 67.1. The molecule has 2 saturated heterocycles. The van der Waals surface area contributed by atoms with E-state index in [4.69, 9.17) is 46.4 Å². The van der Waals surface area contributed by atoms with Gasteiger partial charge in [0.15, 0.2) is 49.7 Å². The van der Waals surface area contributed by atoms with Crippen molar-refractivity contribution >= 4 is 48.7 Å². The van der Waals surface area contributed by atoms with Gasteiger partial charge in [-0.05, 0) is 89.8 Å². The monoisotopic (exact) mass is 1020 g/mol. The van der Waals surface area contributed by atoms with Crippen molar-refractivity contribution in [2.24, 2.45) is 0 Å². The van der Waals surface area contributed by atoms with Crippen molar-refractivity contribution in [2.75, 3.05) is 25.2 Å². The normalized spacial score (nSPS) is 23.1. The zero-order valence-electron chi connectivity index (χ0n) is 43.6. The minimum absolute atomic E-state index is 0.0925. The molecule has 2 aliphatic rings. The summed E-state index contributed by atoms with van der Waals surface area (Å²) in [5.74, 6) is -1.19. The van der Waals surface area contributed by atoms with Crippen molar-refractivity contribution in [3.8, 4) is 0 Å². The van der Waals surface area contributed by atoms with Crippen molar-refractivity contribution in [1.82, 2.24) is 0 Å². The van der Waals surface area contributed by atoms with E-state index in [2.05, 4.69) is 62.3 Å². The first-order chi connectivity index (χ1) is 33.7. The van der Waals surface area contributed by atoms with E-state index in [0.717, 1.165) is 65.5 Å². The summed E-state index contributed by atoms with van der Waals surface area (Å²) in [6, 6.07) is 33.4. The number of hydrogen-bond acceptors (Lipinski definition) is 13. The Bertz CT molecular complexity index is 2010. The van der Waals surface area contributed by atoms with Gasteiger partial charge in [0.1, 0.15) is 18.8 Å². The molecule has 14 nitrogen and oxygen atoms in total. The minimum atomic E-state index is -2.46. The van der Waals surface area contributed by atoms with E-state index in [0.29, 0.717) is 5.69 Å². The molecule has 3 aromatic rings. The molecule has 0 aromatic heterocycles. The van der Waals surface area contributed by atoms with Crippen LogP contribution in [0.5, 0.6) is 0 Å². The summed E-state index contributed by atoms with van der Waals surface area (Å²) in [7, 11) is -5.50. The molecule has 1 amide bonds. The number of carbonyl (C=O) groups excluding carboxylic acids is 3. The molecular weight excluding hydrogens is 943 g/mol. The van der Waals surface area contributed by atoms with Crippen LogP contribution >= 0.6 is 0 Å². The van der Waals surface area contributed by atoms with Crippen LogP contribution in [0.25, 0.3) is 0 Å². The molecule has 2 aliphatic heterocycles. The van der Waals surface area contributed by atoms with E-state index < -0.39 is 92.2 Å². The second-order valence-corrected chi connectivity index (χ2v) is 32.7. The van der Waals surface area contributed by atoms with Gasteiger partial charge < -0.3 is 46.4 Å². The van der Waals surface area contributed by atoms with E-state index in [1.54, 1.807) is 31.3 Å². The summed E-state index contributed by atoms with van der Waals surface area (Å²) in [5.41, 5.74) is 2.54. The van der Waals surface area contributed by atoms with E-state index in [-0.39, 0.29) is 32.0 Å². The van der Waals surface area contributed by atoms with Gasteiger partial charge in [-0.15, -0.1) is 0 Å². The Balaban J connectivity index is 1.57. The molecule has 0 aliphatic carbocycles. The lowest BCUT2D eigenvalue weighted by Gasteiger charge is -2.50. The summed E-state index contributed by atoms with van der Waals surface area (Å²) >= 11 is 0. The molecule has 0 saturated carbocycles. The predicted octanol–water partition coefficient (Wildman–Crippen LogP) is 11.4. The molecule has 0 bridgehead atoms. The van der Waals surface area contributed by atoms with E-state index in [1.807, 2.05) is 60.7 Å². The SMILES string of the molecule is CC[Si](CC)(CC)O[C@@H]1[C@@H](OC(=O)c2ccc(N(C)C(=O)OCc3ccccc3)cc2)[C@H](O[C@@H]2[C@@H](OC(C)=O)[C@@H](OCc3ccccc3)OC[C@@H]2O[Si](CC)(CC)CC)OC[C@H]1O[Si](CC)(CC)CC. The first-order valence-corrected chi connectivity index (χ1v) is 33.3. The number of carbonyl (C=O) groups is 3. The third kappa shape index (κ3) is 14.7. The molecule has 0 radical (unpaired) electrons. The third-order valence-corrected chi connectivity index (χ3v) is 28.8. The highest BCUT2D eigenvalue weighted by Gasteiger charge is 2.55. The zero-order valence-corrected chi connectivity index (χ0v) is 46.6. The van der Waals surface area contributed by atoms with Crippen LogP contribution in [0.4, 0.5) is 10.5 Å². The lowest BCUT2D eigenvalue weighted by atomic mass is 10.0. The molecule has 388 valence electrons. The van der Waals surface area contributed by atoms with Gasteiger partial charge in [-0.3, -0.25) is 9.69 Å². The number of hydrogen-bond donors (Lipinski definition) is 0. The van der Waals surface area contributed by atoms with Crippen molar-refractivity contribution in [1.29, 1.82) is 0 Å². The Kier molecular flexibility index (Phi) is 22.3. The Hall–Kier alpha value is -3.76. The van der Waals surface area contributed by atoms with Gasteiger partial charge >= 0.3 is 18.0 Å². The van der Waals surface area contributed by atoms with Crippen molar-refractivity contribution in [2.45, 2.75) is 186 Å². The number of anilines is 1. The van der Waals surface area contributed by atoms with Gasteiger partial charge in [-0.2, -0.15) is 0 Å². The van der Waals surface area contributed by atoms with E-state index in [1.165, 1.54) is 11.8 Å². The summed E-state index contributed by atoms with van der Waals surface area (Å²) in [5, 5.41) is 0. The van der Waals surface area contributed by atoms with Crippen LogP contribution in [0.3, 0.4) is 0 Å². The zero-order chi connectivity index (χ0) is 50.9. The molecule has 2 fully saturated rings. The van der Waals surface area contributed by atoms with Crippen molar-refractivity contribution < 1.29 is 60.8 Å². The van der Waals surface area contributed by atoms with Crippen LogP contribution in [0.15, 0.2) is 84.9 Å². The Morgan fingerprint density at radius 3 is 1.47 bits per heavy atom. The lowest BCUT2D eigenvalue weighted by molar-refractivity contribution is -0.332. The highest BCUT2D eigenvalue weighted by molar-refractivity contribution is 6.74. The first kappa shape index (κ1) is 57.1.